The van der Waals surface area contributed by atoms with E-state index in [4.69, 9.17) is 4.74 Å². The van der Waals surface area contributed by atoms with Crippen molar-refractivity contribution in [3.8, 4) is 0 Å². The minimum Gasteiger partial charge on any atom is -0.384 e. The maximum atomic E-state index is 12.0. The van der Waals surface area contributed by atoms with Gasteiger partial charge in [-0.2, -0.15) is 4.37 Å². The molecule has 0 saturated carbocycles. The van der Waals surface area contributed by atoms with E-state index in [1.165, 1.54) is 11.5 Å². The van der Waals surface area contributed by atoms with Crippen molar-refractivity contribution in [2.75, 3.05) is 19.0 Å². The Morgan fingerprint density at radius 1 is 1.35 bits per heavy atom. The van der Waals surface area contributed by atoms with Gasteiger partial charge in [0.25, 0.3) is 5.91 Å². The van der Waals surface area contributed by atoms with E-state index in [1.54, 1.807) is 19.2 Å². The highest BCUT2D eigenvalue weighted by molar-refractivity contribution is 7.09. The molecule has 0 aliphatic heterocycles. The number of ether oxygens (including phenoxy) is 1. The molecule has 23 heavy (non-hydrogen) atoms. The van der Waals surface area contributed by atoms with Gasteiger partial charge in [0.2, 0.25) is 5.13 Å². The van der Waals surface area contributed by atoms with Gasteiger partial charge in [0.1, 0.15) is 5.82 Å². The summed E-state index contributed by atoms with van der Waals surface area (Å²) < 4.78 is 9.27. The summed E-state index contributed by atoms with van der Waals surface area (Å²) in [7, 11) is 1.66. The molecule has 0 fully saturated rings. The van der Waals surface area contributed by atoms with Crippen LogP contribution in [-0.2, 0) is 11.2 Å². The molecule has 6 nitrogen and oxygen atoms in total. The van der Waals surface area contributed by atoms with Crippen LogP contribution < -0.4 is 10.6 Å². The van der Waals surface area contributed by atoms with Crippen LogP contribution in [0.2, 0.25) is 0 Å². The maximum Gasteiger partial charge on any atom is 0.251 e. The number of carbonyl (C=O) groups is 1. The normalized spacial score (nSPS) is 12.0. The molecule has 0 radical (unpaired) electrons. The van der Waals surface area contributed by atoms with Gasteiger partial charge < -0.3 is 15.4 Å². The Hall–Kier alpha value is -1.99. The molecule has 2 rings (SSSR count). The molecule has 1 aromatic heterocycles. The Kier molecular flexibility index (Phi) is 6.49. The molecular formula is C16H22N4O2S. The molecule has 2 aromatic rings. The lowest BCUT2D eigenvalue weighted by atomic mass is 10.1. The number of hydrogen-bond donors (Lipinski definition) is 2. The molecule has 1 heterocycles. The number of anilines is 2. The van der Waals surface area contributed by atoms with E-state index >= 15 is 0 Å². The van der Waals surface area contributed by atoms with Crippen LogP contribution >= 0.6 is 11.5 Å². The maximum absolute atomic E-state index is 12.0. The van der Waals surface area contributed by atoms with Gasteiger partial charge in [-0.1, -0.05) is 6.92 Å². The third-order valence-corrected chi connectivity index (χ3v) is 4.05. The zero-order valence-corrected chi connectivity index (χ0v) is 14.4. The predicted octanol–water partition coefficient (Wildman–Crippen LogP) is 3.00. The Bertz CT molecular complexity index is 627. The van der Waals surface area contributed by atoms with Crippen LogP contribution in [0.3, 0.4) is 0 Å². The predicted molar refractivity (Wildman–Crippen MR) is 92.4 cm³/mol. The highest BCUT2D eigenvalue weighted by Crippen LogP contribution is 2.19. The molecule has 1 aromatic carbocycles. The van der Waals surface area contributed by atoms with Crippen molar-refractivity contribution < 1.29 is 9.53 Å². The fraction of sp³-hybridized carbons (Fsp3) is 0.438. The number of rotatable bonds is 8. The van der Waals surface area contributed by atoms with Gasteiger partial charge in [-0.25, -0.2) is 4.98 Å². The molecular weight excluding hydrogens is 312 g/mol. The lowest BCUT2D eigenvalue weighted by molar-refractivity contribution is 0.0939. The first-order chi connectivity index (χ1) is 11.1. The Labute approximate surface area is 140 Å². The first-order valence-corrected chi connectivity index (χ1v) is 8.39. The summed E-state index contributed by atoms with van der Waals surface area (Å²) in [4.78, 5) is 16.4. The topological polar surface area (TPSA) is 76.1 Å². The molecule has 0 spiro atoms. The van der Waals surface area contributed by atoms with Crippen LogP contribution in [-0.4, -0.2) is 35.0 Å². The van der Waals surface area contributed by atoms with Crippen molar-refractivity contribution in [1.82, 2.24) is 14.7 Å². The number of nitrogens with zero attached hydrogens (tertiary/aromatic N) is 2. The van der Waals surface area contributed by atoms with E-state index in [2.05, 4.69) is 20.0 Å². The average Bonchev–Trinajstić information content (AvgIpc) is 3.00. The first kappa shape index (κ1) is 17.4. The molecule has 2 N–H and O–H groups in total. The van der Waals surface area contributed by atoms with Gasteiger partial charge in [-0.05, 0) is 37.6 Å². The zero-order valence-electron chi connectivity index (χ0n) is 13.6. The van der Waals surface area contributed by atoms with E-state index in [-0.39, 0.29) is 11.9 Å². The summed E-state index contributed by atoms with van der Waals surface area (Å²) in [6.45, 7) is 4.64. The third-order valence-electron chi connectivity index (χ3n) is 3.39. The monoisotopic (exact) mass is 334 g/mol. The number of nitrogens with one attached hydrogen (secondary N) is 2. The smallest absolute Gasteiger partial charge is 0.251 e. The second-order valence-corrected chi connectivity index (χ2v) is 6.00. The summed E-state index contributed by atoms with van der Waals surface area (Å²) in [6, 6.07) is 7.50. The third kappa shape index (κ3) is 5.30. The van der Waals surface area contributed by atoms with E-state index in [1.807, 2.05) is 26.0 Å². The van der Waals surface area contributed by atoms with Gasteiger partial charge in [-0.3, -0.25) is 4.79 Å². The summed E-state index contributed by atoms with van der Waals surface area (Å²) in [5, 5.41) is 6.87. The number of aromatic nitrogens is 2. The fourth-order valence-corrected chi connectivity index (χ4v) is 2.47. The Morgan fingerprint density at radius 3 is 2.74 bits per heavy atom. The Morgan fingerprint density at radius 2 is 2.09 bits per heavy atom. The molecule has 7 heteroatoms. The summed E-state index contributed by atoms with van der Waals surface area (Å²) in [5.41, 5.74) is 1.52. The van der Waals surface area contributed by atoms with Crippen LogP contribution in [0.1, 0.15) is 36.5 Å². The van der Waals surface area contributed by atoms with Crippen LogP contribution in [0.4, 0.5) is 10.8 Å². The van der Waals surface area contributed by atoms with E-state index in [9.17, 15) is 4.79 Å². The zero-order chi connectivity index (χ0) is 16.7. The summed E-state index contributed by atoms with van der Waals surface area (Å²) >= 11 is 1.31. The highest BCUT2D eigenvalue weighted by Gasteiger charge is 2.09. The van der Waals surface area contributed by atoms with Gasteiger partial charge in [0.15, 0.2) is 0 Å². The van der Waals surface area contributed by atoms with Crippen molar-refractivity contribution in [3.05, 3.63) is 35.7 Å². The van der Waals surface area contributed by atoms with E-state index in [0.717, 1.165) is 23.1 Å². The van der Waals surface area contributed by atoms with Crippen molar-refractivity contribution in [2.24, 2.45) is 0 Å². The van der Waals surface area contributed by atoms with Gasteiger partial charge in [0, 0.05) is 42.4 Å². The van der Waals surface area contributed by atoms with Crippen LogP contribution in [0.25, 0.3) is 0 Å². The number of methoxy groups -OCH3 is 1. The molecule has 0 saturated heterocycles. The number of hydrogen-bond acceptors (Lipinski definition) is 6. The van der Waals surface area contributed by atoms with Crippen molar-refractivity contribution in [2.45, 2.75) is 32.7 Å². The van der Waals surface area contributed by atoms with E-state index < -0.39 is 0 Å². The fourth-order valence-electron chi connectivity index (χ4n) is 1.84. The lowest BCUT2D eigenvalue weighted by Crippen LogP contribution is -2.31. The summed E-state index contributed by atoms with van der Waals surface area (Å²) in [6.07, 6.45) is 1.61. The molecule has 0 aliphatic rings. The second-order valence-electron chi connectivity index (χ2n) is 5.24. The number of amides is 1. The summed E-state index contributed by atoms with van der Waals surface area (Å²) in [5.74, 6) is 0.715. The lowest BCUT2D eigenvalue weighted by Gasteiger charge is -2.11. The number of benzene rings is 1. The minimum atomic E-state index is -0.0522. The van der Waals surface area contributed by atoms with Gasteiger partial charge in [-0.15, -0.1) is 0 Å². The van der Waals surface area contributed by atoms with Crippen molar-refractivity contribution >= 4 is 28.3 Å². The molecule has 1 amide bonds. The molecule has 124 valence electrons. The standard InChI is InChI=1S/C16H22N4O2S/c1-4-11(2)17-15(21)12-5-7-13(8-6-12)18-16-19-14(20-23-16)9-10-22-3/h5-8,11H,4,9-10H2,1-3H3,(H,17,21)(H,18,19,20). The van der Waals surface area contributed by atoms with E-state index in [0.29, 0.717) is 18.6 Å². The van der Waals surface area contributed by atoms with Crippen LogP contribution in [0.15, 0.2) is 24.3 Å². The van der Waals surface area contributed by atoms with Gasteiger partial charge >= 0.3 is 0 Å². The first-order valence-electron chi connectivity index (χ1n) is 7.61. The highest BCUT2D eigenvalue weighted by atomic mass is 32.1. The van der Waals surface area contributed by atoms with Crippen molar-refractivity contribution in [3.63, 3.8) is 0 Å². The SMILES string of the molecule is CCC(C)NC(=O)c1ccc(Nc2nc(CCOC)ns2)cc1. The van der Waals surface area contributed by atoms with Crippen LogP contribution in [0, 0.1) is 0 Å². The van der Waals surface area contributed by atoms with Crippen LogP contribution in [0.5, 0.6) is 0 Å². The molecule has 1 atom stereocenters. The number of carbonyl (C=O) groups excluding carboxylic acids is 1. The van der Waals surface area contributed by atoms with Gasteiger partial charge in [0.05, 0.1) is 6.61 Å². The molecule has 1 unspecified atom stereocenters. The largest absolute Gasteiger partial charge is 0.384 e. The van der Waals surface area contributed by atoms with Crippen molar-refractivity contribution in [1.29, 1.82) is 0 Å². The molecule has 0 bridgehead atoms. The average molecular weight is 334 g/mol. The molecule has 0 aliphatic carbocycles. The second kappa shape index (κ2) is 8.59. The Balaban J connectivity index is 1.94. The minimum absolute atomic E-state index is 0.0522. The quantitative estimate of drug-likeness (QED) is 0.776.